The van der Waals surface area contributed by atoms with Gasteiger partial charge in [0.15, 0.2) is 0 Å². The summed E-state index contributed by atoms with van der Waals surface area (Å²) in [5, 5.41) is 4.69. The zero-order valence-electron chi connectivity index (χ0n) is 10.1. The van der Waals surface area contributed by atoms with Crippen LogP contribution in [-0.4, -0.2) is 0 Å². The predicted molar refractivity (Wildman–Crippen MR) is 88.3 cm³/mol. The number of halogens is 2. The third-order valence-electron chi connectivity index (χ3n) is 3.18. The Morgan fingerprint density at radius 3 is 2.58 bits per heavy atom. The van der Waals surface area contributed by atoms with Crippen LogP contribution in [-0.2, 0) is 6.42 Å². The Bertz CT molecular complexity index is 705. The highest BCUT2D eigenvalue weighted by molar-refractivity contribution is 9.11. The van der Waals surface area contributed by atoms with Crippen molar-refractivity contribution in [2.75, 3.05) is 0 Å². The second-order valence-electron chi connectivity index (χ2n) is 4.54. The lowest BCUT2D eigenvalue weighted by Gasteiger charge is -2.08. The molecule has 3 heteroatoms. The quantitative estimate of drug-likeness (QED) is 0.494. The maximum atomic E-state index is 6.49. The molecule has 0 fully saturated rings. The third-order valence-corrected chi connectivity index (χ3v) is 5.11. The predicted octanol–water partition coefficient (Wildman–Crippen LogP) is 6.19. The van der Waals surface area contributed by atoms with Crippen LogP contribution in [0.15, 0.2) is 57.7 Å². The maximum absolute atomic E-state index is 6.49. The molecule has 96 valence electrons. The smallest absolute Gasteiger partial charge is 0.0701 e. The molecular formula is C16H12BrClS. The molecule has 0 radical (unpaired) electrons. The van der Waals surface area contributed by atoms with Gasteiger partial charge in [-0.15, -0.1) is 22.9 Å². The molecule has 2 aromatic carbocycles. The molecule has 0 nitrogen and oxygen atoms in total. The summed E-state index contributed by atoms with van der Waals surface area (Å²) in [5.74, 6) is 0. The van der Waals surface area contributed by atoms with E-state index >= 15 is 0 Å². The first kappa shape index (κ1) is 13.2. The Balaban J connectivity index is 1.84. The molecule has 0 saturated heterocycles. The Hall–Kier alpha value is -0.830. The molecule has 1 aromatic heterocycles. The first-order valence-corrected chi connectivity index (χ1v) is 8.19. The zero-order chi connectivity index (χ0) is 13.2. The van der Waals surface area contributed by atoms with E-state index in [9.17, 15) is 0 Å². The van der Waals surface area contributed by atoms with Gasteiger partial charge in [0.1, 0.15) is 0 Å². The van der Waals surface area contributed by atoms with Gasteiger partial charge >= 0.3 is 0 Å². The van der Waals surface area contributed by atoms with Gasteiger partial charge in [-0.1, -0.05) is 42.5 Å². The average Bonchev–Trinajstić information content (AvgIpc) is 2.85. The SMILES string of the molecule is ClC(Cc1ccc2ccccc2c1)c1csc(Br)c1. The molecule has 19 heavy (non-hydrogen) atoms. The van der Waals surface area contributed by atoms with Crippen molar-refractivity contribution in [3.05, 3.63) is 68.8 Å². The van der Waals surface area contributed by atoms with Crippen LogP contribution in [0.2, 0.25) is 0 Å². The van der Waals surface area contributed by atoms with Crippen LogP contribution in [0.3, 0.4) is 0 Å². The highest BCUT2D eigenvalue weighted by Gasteiger charge is 2.11. The van der Waals surface area contributed by atoms with Gasteiger partial charge in [-0.3, -0.25) is 0 Å². The van der Waals surface area contributed by atoms with Crippen molar-refractivity contribution >= 4 is 49.6 Å². The van der Waals surface area contributed by atoms with E-state index in [1.165, 1.54) is 21.9 Å². The maximum Gasteiger partial charge on any atom is 0.0701 e. The molecule has 0 N–H and O–H groups in total. The molecule has 0 bridgehead atoms. The Labute approximate surface area is 130 Å². The molecule has 0 aliphatic rings. The van der Waals surface area contributed by atoms with E-state index in [4.69, 9.17) is 11.6 Å². The van der Waals surface area contributed by atoms with Gasteiger partial charge in [0.25, 0.3) is 0 Å². The van der Waals surface area contributed by atoms with E-state index in [0.717, 1.165) is 10.2 Å². The molecule has 0 aliphatic heterocycles. The normalized spacial score (nSPS) is 12.7. The monoisotopic (exact) mass is 350 g/mol. The largest absolute Gasteiger partial charge is 0.136 e. The summed E-state index contributed by atoms with van der Waals surface area (Å²) in [4.78, 5) is 0. The molecule has 0 saturated carbocycles. The van der Waals surface area contributed by atoms with E-state index < -0.39 is 0 Å². The van der Waals surface area contributed by atoms with Crippen LogP contribution < -0.4 is 0 Å². The fourth-order valence-electron chi connectivity index (χ4n) is 2.18. The van der Waals surface area contributed by atoms with Crippen molar-refractivity contribution in [3.63, 3.8) is 0 Å². The lowest BCUT2D eigenvalue weighted by molar-refractivity contribution is 0.926. The van der Waals surface area contributed by atoms with Crippen molar-refractivity contribution in [1.82, 2.24) is 0 Å². The summed E-state index contributed by atoms with van der Waals surface area (Å²) in [6, 6.07) is 17.1. The average molecular weight is 352 g/mol. The molecule has 0 amide bonds. The first-order valence-electron chi connectivity index (χ1n) is 6.08. The van der Waals surface area contributed by atoms with E-state index in [1.807, 2.05) is 0 Å². The standard InChI is InChI=1S/C16H12BrClS/c17-16-9-14(10-19-16)15(18)8-11-5-6-12-3-1-2-4-13(12)7-11/h1-7,9-10,15H,8H2. The summed E-state index contributed by atoms with van der Waals surface area (Å²) in [6.07, 6.45) is 0.857. The highest BCUT2D eigenvalue weighted by Crippen LogP contribution is 2.31. The molecule has 0 aliphatic carbocycles. The van der Waals surface area contributed by atoms with Crippen molar-refractivity contribution in [1.29, 1.82) is 0 Å². The Morgan fingerprint density at radius 2 is 1.84 bits per heavy atom. The van der Waals surface area contributed by atoms with Crippen molar-refractivity contribution in [3.8, 4) is 0 Å². The van der Waals surface area contributed by atoms with Gasteiger partial charge in [-0.25, -0.2) is 0 Å². The molecule has 0 spiro atoms. The second kappa shape index (κ2) is 5.66. The molecule has 1 atom stereocenters. The van der Waals surface area contributed by atoms with Gasteiger partial charge in [0, 0.05) is 0 Å². The van der Waals surface area contributed by atoms with E-state index in [0.29, 0.717) is 0 Å². The van der Waals surface area contributed by atoms with Crippen molar-refractivity contribution < 1.29 is 0 Å². The van der Waals surface area contributed by atoms with Gasteiger partial charge in [-0.05, 0) is 55.7 Å². The number of hydrogen-bond acceptors (Lipinski definition) is 1. The van der Waals surface area contributed by atoms with Crippen LogP contribution in [0, 0.1) is 0 Å². The molecule has 1 heterocycles. The minimum atomic E-state index is 0.0312. The topological polar surface area (TPSA) is 0 Å². The Kier molecular flexibility index (Phi) is 3.92. The van der Waals surface area contributed by atoms with Crippen molar-refractivity contribution in [2.45, 2.75) is 11.8 Å². The molecule has 1 unspecified atom stereocenters. The van der Waals surface area contributed by atoms with Gasteiger partial charge in [-0.2, -0.15) is 0 Å². The fourth-order valence-corrected chi connectivity index (χ4v) is 3.79. The van der Waals surface area contributed by atoms with Crippen molar-refractivity contribution in [2.24, 2.45) is 0 Å². The molecule has 3 aromatic rings. The lowest BCUT2D eigenvalue weighted by Crippen LogP contribution is -1.94. The summed E-state index contributed by atoms with van der Waals surface area (Å²) >= 11 is 11.6. The third kappa shape index (κ3) is 3.02. The minimum Gasteiger partial charge on any atom is -0.136 e. The summed E-state index contributed by atoms with van der Waals surface area (Å²) in [6.45, 7) is 0. The van der Waals surface area contributed by atoms with E-state index in [-0.39, 0.29) is 5.38 Å². The van der Waals surface area contributed by atoms with Gasteiger partial charge < -0.3 is 0 Å². The number of benzene rings is 2. The van der Waals surface area contributed by atoms with Crippen LogP contribution in [0.1, 0.15) is 16.5 Å². The van der Waals surface area contributed by atoms with Crippen LogP contribution in [0.25, 0.3) is 10.8 Å². The van der Waals surface area contributed by atoms with E-state index in [2.05, 4.69) is 69.8 Å². The lowest BCUT2D eigenvalue weighted by atomic mass is 10.0. The van der Waals surface area contributed by atoms with Crippen LogP contribution >= 0.6 is 38.9 Å². The number of thiophene rings is 1. The minimum absolute atomic E-state index is 0.0312. The fraction of sp³-hybridized carbons (Fsp3) is 0.125. The summed E-state index contributed by atoms with van der Waals surface area (Å²) in [5.41, 5.74) is 2.47. The molecular weight excluding hydrogens is 340 g/mol. The number of hydrogen-bond donors (Lipinski definition) is 0. The summed E-state index contributed by atoms with van der Waals surface area (Å²) < 4.78 is 1.13. The van der Waals surface area contributed by atoms with Gasteiger partial charge in [0.05, 0.1) is 9.16 Å². The van der Waals surface area contributed by atoms with Crippen LogP contribution in [0.5, 0.6) is 0 Å². The molecule has 3 rings (SSSR count). The Morgan fingerprint density at radius 1 is 1.05 bits per heavy atom. The highest BCUT2D eigenvalue weighted by atomic mass is 79.9. The van der Waals surface area contributed by atoms with Crippen LogP contribution in [0.4, 0.5) is 0 Å². The summed E-state index contributed by atoms with van der Waals surface area (Å²) in [7, 11) is 0. The number of rotatable bonds is 3. The van der Waals surface area contributed by atoms with Gasteiger partial charge in [0.2, 0.25) is 0 Å². The number of fused-ring (bicyclic) bond motifs is 1. The zero-order valence-corrected chi connectivity index (χ0v) is 13.3. The second-order valence-corrected chi connectivity index (χ2v) is 7.35. The first-order chi connectivity index (χ1) is 9.22. The number of alkyl halides is 1. The van der Waals surface area contributed by atoms with E-state index in [1.54, 1.807) is 11.3 Å².